The second-order valence-electron chi connectivity index (χ2n) is 3.99. The summed E-state index contributed by atoms with van der Waals surface area (Å²) in [6.45, 7) is 0. The van der Waals surface area contributed by atoms with Crippen LogP contribution in [0.5, 0.6) is 0 Å². The molecule has 0 amide bonds. The van der Waals surface area contributed by atoms with Crippen molar-refractivity contribution >= 4 is 0 Å². The lowest BCUT2D eigenvalue weighted by Gasteiger charge is -2.29. The molecule has 0 saturated heterocycles. The summed E-state index contributed by atoms with van der Waals surface area (Å²) >= 11 is 0. The largest absolute Gasteiger partial charge is 0.393 e. The van der Waals surface area contributed by atoms with Crippen LogP contribution in [-0.2, 0) is 0 Å². The van der Waals surface area contributed by atoms with Crippen LogP contribution in [0.4, 0.5) is 0 Å². The normalized spacial score (nSPS) is 43.5. The van der Waals surface area contributed by atoms with Crippen LogP contribution in [0.25, 0.3) is 0 Å². The highest BCUT2D eigenvalue weighted by atomic mass is 16.3. The van der Waals surface area contributed by atoms with Gasteiger partial charge in [-0.25, -0.2) is 0 Å². The smallest absolute Gasteiger partial charge is 0.0548 e. The Balaban J connectivity index is 2.06. The maximum absolute atomic E-state index is 9.51. The third kappa shape index (κ3) is 1.64. The molecule has 3 atom stereocenters. The summed E-state index contributed by atoms with van der Waals surface area (Å²) in [6, 6.07) is 0. The molecule has 1 fully saturated rings. The highest BCUT2D eigenvalue weighted by Gasteiger charge is 2.26. The van der Waals surface area contributed by atoms with Crippen LogP contribution in [0.15, 0.2) is 12.2 Å². The molecule has 0 aliphatic heterocycles. The van der Waals surface area contributed by atoms with Gasteiger partial charge in [0, 0.05) is 0 Å². The lowest BCUT2D eigenvalue weighted by molar-refractivity contribution is 0.0820. The van der Waals surface area contributed by atoms with Crippen molar-refractivity contribution in [2.75, 3.05) is 0 Å². The number of hydrogen-bond acceptors (Lipinski definition) is 1. The fourth-order valence-corrected chi connectivity index (χ4v) is 2.46. The summed E-state index contributed by atoms with van der Waals surface area (Å²) in [6.07, 6.45) is 10.5. The topological polar surface area (TPSA) is 20.2 Å². The first-order valence-corrected chi connectivity index (χ1v) is 4.69. The van der Waals surface area contributed by atoms with Gasteiger partial charge in [-0.15, -0.1) is 0 Å². The van der Waals surface area contributed by atoms with E-state index in [0.717, 1.165) is 18.8 Å². The number of hydrogen-bond donors (Lipinski definition) is 1. The van der Waals surface area contributed by atoms with E-state index in [1.807, 2.05) is 0 Å². The van der Waals surface area contributed by atoms with Gasteiger partial charge in [0.1, 0.15) is 0 Å². The zero-order valence-electron chi connectivity index (χ0n) is 6.87. The average molecular weight is 152 g/mol. The maximum Gasteiger partial charge on any atom is 0.0548 e. The summed E-state index contributed by atoms with van der Waals surface area (Å²) in [4.78, 5) is 0. The van der Waals surface area contributed by atoms with Crippen LogP contribution in [0.2, 0.25) is 0 Å². The van der Waals surface area contributed by atoms with Gasteiger partial charge in [-0.05, 0) is 43.9 Å². The molecule has 62 valence electrons. The Bertz CT molecular complexity index is 162. The quantitative estimate of drug-likeness (QED) is 0.527. The molecule has 2 aliphatic rings. The summed E-state index contributed by atoms with van der Waals surface area (Å²) in [5, 5.41) is 9.51. The molecule has 0 aromatic heterocycles. The predicted octanol–water partition coefficient (Wildman–Crippen LogP) is 2.11. The Hall–Kier alpha value is -0.300. The molecule has 0 aromatic rings. The van der Waals surface area contributed by atoms with E-state index < -0.39 is 0 Å². The molecule has 2 aliphatic carbocycles. The number of allylic oxidation sites excluding steroid dienone is 2. The minimum Gasteiger partial charge on any atom is -0.393 e. The van der Waals surface area contributed by atoms with Gasteiger partial charge in [-0.1, -0.05) is 12.2 Å². The Kier molecular flexibility index (Phi) is 1.99. The second-order valence-corrected chi connectivity index (χ2v) is 3.99. The second kappa shape index (κ2) is 2.98. The minimum absolute atomic E-state index is 0.0125. The summed E-state index contributed by atoms with van der Waals surface area (Å²) in [5.74, 6) is 1.49. The van der Waals surface area contributed by atoms with Gasteiger partial charge >= 0.3 is 0 Å². The highest BCUT2D eigenvalue weighted by molar-refractivity contribution is 4.97. The summed E-state index contributed by atoms with van der Waals surface area (Å²) in [7, 11) is 0. The van der Waals surface area contributed by atoms with Gasteiger partial charge < -0.3 is 5.11 Å². The molecule has 0 aromatic carbocycles. The van der Waals surface area contributed by atoms with Crippen LogP contribution in [0.1, 0.15) is 32.1 Å². The number of aliphatic hydroxyl groups excluding tert-OH is 1. The van der Waals surface area contributed by atoms with E-state index in [0.29, 0.717) is 5.92 Å². The van der Waals surface area contributed by atoms with Gasteiger partial charge in [0.15, 0.2) is 0 Å². The molecule has 1 N–H and O–H groups in total. The number of rotatable bonds is 0. The molecule has 0 heterocycles. The van der Waals surface area contributed by atoms with E-state index in [4.69, 9.17) is 0 Å². The number of aliphatic hydroxyl groups is 1. The lowest BCUT2D eigenvalue weighted by Crippen LogP contribution is -2.24. The van der Waals surface area contributed by atoms with E-state index in [9.17, 15) is 5.11 Å². The van der Waals surface area contributed by atoms with Crippen LogP contribution < -0.4 is 0 Å². The lowest BCUT2D eigenvalue weighted by atomic mass is 9.80. The van der Waals surface area contributed by atoms with Gasteiger partial charge in [0.2, 0.25) is 0 Å². The molecule has 0 spiro atoms. The van der Waals surface area contributed by atoms with Crippen LogP contribution in [0, 0.1) is 11.8 Å². The third-order valence-electron chi connectivity index (χ3n) is 2.97. The zero-order chi connectivity index (χ0) is 7.68. The Morgan fingerprint density at radius 2 is 2.09 bits per heavy atom. The van der Waals surface area contributed by atoms with Crippen LogP contribution in [0.3, 0.4) is 0 Å². The molecule has 1 saturated carbocycles. The molecule has 3 unspecified atom stereocenters. The fraction of sp³-hybridized carbons (Fsp3) is 0.800. The van der Waals surface area contributed by atoms with Crippen molar-refractivity contribution in [3.8, 4) is 0 Å². The monoisotopic (exact) mass is 152 g/mol. The summed E-state index contributed by atoms with van der Waals surface area (Å²) < 4.78 is 0. The van der Waals surface area contributed by atoms with E-state index >= 15 is 0 Å². The van der Waals surface area contributed by atoms with Crippen LogP contribution >= 0.6 is 0 Å². The van der Waals surface area contributed by atoms with Gasteiger partial charge in [-0.2, -0.15) is 0 Å². The number of fused-ring (bicyclic) bond motifs is 2. The first-order valence-electron chi connectivity index (χ1n) is 4.69. The van der Waals surface area contributed by atoms with Gasteiger partial charge in [0.25, 0.3) is 0 Å². The molecule has 2 rings (SSSR count). The van der Waals surface area contributed by atoms with Crippen molar-refractivity contribution in [2.45, 2.75) is 38.2 Å². The molecule has 2 bridgehead atoms. The van der Waals surface area contributed by atoms with E-state index in [1.54, 1.807) is 0 Å². The summed E-state index contributed by atoms with van der Waals surface area (Å²) in [5.41, 5.74) is 0. The average Bonchev–Trinajstić information content (AvgIpc) is 2.11. The maximum atomic E-state index is 9.51. The van der Waals surface area contributed by atoms with E-state index in [2.05, 4.69) is 12.2 Å². The van der Waals surface area contributed by atoms with Crippen molar-refractivity contribution in [2.24, 2.45) is 11.8 Å². The standard InChI is InChI=1S/C10H16O/c11-10-6-8-3-1-2-4-9(5-8)7-10/h1,3,8-11H,2,4-7H2. The van der Waals surface area contributed by atoms with Crippen molar-refractivity contribution in [3.05, 3.63) is 12.2 Å². The molecule has 1 heteroatoms. The van der Waals surface area contributed by atoms with Crippen molar-refractivity contribution in [1.29, 1.82) is 0 Å². The highest BCUT2D eigenvalue weighted by Crippen LogP contribution is 2.35. The van der Waals surface area contributed by atoms with Crippen molar-refractivity contribution in [1.82, 2.24) is 0 Å². The molecule has 11 heavy (non-hydrogen) atoms. The minimum atomic E-state index is -0.0125. The predicted molar refractivity (Wildman–Crippen MR) is 45.2 cm³/mol. The van der Waals surface area contributed by atoms with E-state index in [1.165, 1.54) is 19.3 Å². The third-order valence-corrected chi connectivity index (χ3v) is 2.97. The van der Waals surface area contributed by atoms with Crippen molar-refractivity contribution < 1.29 is 5.11 Å². The fourth-order valence-electron chi connectivity index (χ4n) is 2.46. The van der Waals surface area contributed by atoms with Crippen LogP contribution in [-0.4, -0.2) is 11.2 Å². The van der Waals surface area contributed by atoms with Gasteiger partial charge in [0.05, 0.1) is 6.10 Å². The van der Waals surface area contributed by atoms with E-state index in [-0.39, 0.29) is 6.10 Å². The Labute approximate surface area is 68.1 Å². The Morgan fingerprint density at radius 1 is 1.18 bits per heavy atom. The van der Waals surface area contributed by atoms with Gasteiger partial charge in [-0.3, -0.25) is 0 Å². The SMILES string of the molecule is OC1CC2C=CCCC(C1)C2. The molecular weight excluding hydrogens is 136 g/mol. The molecular formula is C10H16O. The first kappa shape index (κ1) is 7.35. The van der Waals surface area contributed by atoms with Crippen molar-refractivity contribution in [3.63, 3.8) is 0 Å². The Morgan fingerprint density at radius 3 is 3.00 bits per heavy atom. The molecule has 0 radical (unpaired) electrons. The molecule has 1 nitrogen and oxygen atoms in total. The first-order chi connectivity index (χ1) is 5.34. The zero-order valence-corrected chi connectivity index (χ0v) is 6.87.